The molecule has 1 N–H and O–H groups in total. The summed E-state index contributed by atoms with van der Waals surface area (Å²) in [6, 6.07) is 9.76. The molecule has 0 aromatic heterocycles. The van der Waals surface area contributed by atoms with Crippen LogP contribution in [-0.2, 0) is 12.8 Å². The van der Waals surface area contributed by atoms with E-state index in [4.69, 9.17) is 16.3 Å². The minimum Gasteiger partial charge on any atom is -0.507 e. The van der Waals surface area contributed by atoms with Crippen molar-refractivity contribution in [1.82, 2.24) is 0 Å². The number of halogens is 4. The lowest BCUT2D eigenvalue weighted by atomic mass is 10.1. The zero-order chi connectivity index (χ0) is 14.8. The van der Waals surface area contributed by atoms with E-state index in [0.29, 0.717) is 16.3 Å². The normalized spacial score (nSPS) is 11.4. The highest BCUT2D eigenvalue weighted by Crippen LogP contribution is 2.36. The van der Waals surface area contributed by atoms with Crippen LogP contribution in [0.3, 0.4) is 0 Å². The van der Waals surface area contributed by atoms with Gasteiger partial charge in [0, 0.05) is 5.02 Å². The first-order valence-electron chi connectivity index (χ1n) is 5.64. The van der Waals surface area contributed by atoms with Gasteiger partial charge in [-0.1, -0.05) is 23.7 Å². The highest BCUT2D eigenvalue weighted by atomic mass is 35.5. The number of ether oxygens (including phenoxy) is 1. The fourth-order valence-electron chi connectivity index (χ4n) is 1.63. The molecule has 0 aliphatic heterocycles. The number of hydrogen-bond donors (Lipinski definition) is 1. The monoisotopic (exact) mass is 302 g/mol. The molecule has 2 nitrogen and oxygen atoms in total. The van der Waals surface area contributed by atoms with E-state index in [1.165, 1.54) is 6.07 Å². The second-order valence-corrected chi connectivity index (χ2v) is 4.53. The van der Waals surface area contributed by atoms with E-state index in [9.17, 15) is 18.3 Å². The second-order valence-electron chi connectivity index (χ2n) is 4.10. The molecular weight excluding hydrogens is 293 g/mol. The van der Waals surface area contributed by atoms with Crippen molar-refractivity contribution in [3.05, 3.63) is 58.6 Å². The van der Waals surface area contributed by atoms with E-state index in [-0.39, 0.29) is 6.61 Å². The third-order valence-corrected chi connectivity index (χ3v) is 2.80. The molecule has 2 aromatic carbocycles. The molecule has 0 unspecified atom stereocenters. The predicted molar refractivity (Wildman–Crippen MR) is 68.9 cm³/mol. The summed E-state index contributed by atoms with van der Waals surface area (Å²) >= 11 is 5.78. The van der Waals surface area contributed by atoms with Crippen molar-refractivity contribution < 1.29 is 23.0 Å². The van der Waals surface area contributed by atoms with Crippen LogP contribution in [0, 0.1) is 0 Å². The number of phenolic OH excluding ortho intramolecular Hbond substituents is 1. The van der Waals surface area contributed by atoms with Gasteiger partial charge in [0.05, 0.1) is 5.56 Å². The molecule has 0 spiro atoms. The fraction of sp³-hybridized carbons (Fsp3) is 0.143. The quantitative estimate of drug-likeness (QED) is 0.894. The van der Waals surface area contributed by atoms with Crippen LogP contribution in [0.5, 0.6) is 11.5 Å². The maximum Gasteiger partial charge on any atom is 0.419 e. The molecule has 106 valence electrons. The fourth-order valence-corrected chi connectivity index (χ4v) is 1.81. The average Bonchev–Trinajstić information content (AvgIpc) is 2.35. The van der Waals surface area contributed by atoms with Crippen LogP contribution in [0.2, 0.25) is 5.02 Å². The summed E-state index contributed by atoms with van der Waals surface area (Å²) in [5.41, 5.74) is -0.639. The molecule has 0 bridgehead atoms. The summed E-state index contributed by atoms with van der Waals surface area (Å²) in [5, 5.41) is 9.87. The van der Waals surface area contributed by atoms with Crippen molar-refractivity contribution in [2.75, 3.05) is 0 Å². The summed E-state index contributed by atoms with van der Waals surface area (Å²) in [6.07, 6.45) is -4.57. The topological polar surface area (TPSA) is 29.5 Å². The van der Waals surface area contributed by atoms with Gasteiger partial charge in [0.25, 0.3) is 0 Å². The number of rotatable bonds is 3. The third kappa shape index (κ3) is 3.57. The molecule has 0 fully saturated rings. The maximum atomic E-state index is 12.5. The second kappa shape index (κ2) is 5.63. The summed E-state index contributed by atoms with van der Waals surface area (Å²) < 4.78 is 42.8. The van der Waals surface area contributed by atoms with Crippen LogP contribution in [0.4, 0.5) is 13.2 Å². The van der Waals surface area contributed by atoms with E-state index >= 15 is 0 Å². The molecule has 0 amide bonds. The van der Waals surface area contributed by atoms with Gasteiger partial charge in [-0.25, -0.2) is 0 Å². The maximum absolute atomic E-state index is 12.5. The molecule has 0 radical (unpaired) electrons. The molecule has 0 atom stereocenters. The van der Waals surface area contributed by atoms with Crippen LogP contribution >= 0.6 is 11.6 Å². The minimum atomic E-state index is -4.57. The molecule has 6 heteroatoms. The molecule has 0 saturated carbocycles. The van der Waals surface area contributed by atoms with Gasteiger partial charge in [0.2, 0.25) is 0 Å². The van der Waals surface area contributed by atoms with Crippen LogP contribution in [0.25, 0.3) is 0 Å². The Morgan fingerprint density at radius 3 is 2.45 bits per heavy atom. The summed E-state index contributed by atoms with van der Waals surface area (Å²) in [4.78, 5) is 0. The summed E-state index contributed by atoms with van der Waals surface area (Å²) in [5.74, 6) is -0.318. The highest BCUT2D eigenvalue weighted by molar-refractivity contribution is 6.30. The Bertz CT molecular complexity index is 612. The van der Waals surface area contributed by atoms with Crippen LogP contribution in [0.1, 0.15) is 11.1 Å². The molecule has 0 aliphatic carbocycles. The Hall–Kier alpha value is -1.88. The number of aromatic hydroxyl groups is 1. The van der Waals surface area contributed by atoms with E-state index in [1.807, 2.05) is 0 Å². The average molecular weight is 303 g/mol. The van der Waals surface area contributed by atoms with Crippen molar-refractivity contribution in [3.63, 3.8) is 0 Å². The molecular formula is C14H10ClF3O2. The standard InChI is InChI=1S/C14H10ClF3O2/c15-10-2-1-3-11(7-10)20-8-9-4-5-12(13(19)6-9)14(16,17)18/h1-7,19H,8H2. The molecule has 2 rings (SSSR count). The number of benzene rings is 2. The Kier molecular flexibility index (Phi) is 4.09. The Morgan fingerprint density at radius 2 is 1.85 bits per heavy atom. The van der Waals surface area contributed by atoms with E-state index in [0.717, 1.165) is 12.1 Å². The third-order valence-electron chi connectivity index (χ3n) is 2.57. The largest absolute Gasteiger partial charge is 0.507 e. The smallest absolute Gasteiger partial charge is 0.419 e. The van der Waals surface area contributed by atoms with Crippen molar-refractivity contribution in [2.45, 2.75) is 12.8 Å². The van der Waals surface area contributed by atoms with Crippen molar-refractivity contribution in [3.8, 4) is 11.5 Å². The van der Waals surface area contributed by atoms with Gasteiger partial charge in [-0.3, -0.25) is 0 Å². The Balaban J connectivity index is 2.10. The SMILES string of the molecule is Oc1cc(COc2cccc(Cl)c2)ccc1C(F)(F)F. The van der Waals surface area contributed by atoms with Crippen molar-refractivity contribution >= 4 is 11.6 Å². The van der Waals surface area contributed by atoms with E-state index in [1.54, 1.807) is 24.3 Å². The number of alkyl halides is 3. The first-order chi connectivity index (χ1) is 9.36. The molecule has 0 heterocycles. The zero-order valence-corrected chi connectivity index (χ0v) is 10.9. The lowest BCUT2D eigenvalue weighted by Gasteiger charge is -2.11. The molecule has 20 heavy (non-hydrogen) atoms. The first-order valence-corrected chi connectivity index (χ1v) is 6.01. The number of hydrogen-bond acceptors (Lipinski definition) is 2. The van der Waals surface area contributed by atoms with Gasteiger partial charge in [0.15, 0.2) is 0 Å². The van der Waals surface area contributed by atoms with Gasteiger partial charge in [-0.2, -0.15) is 13.2 Å². The van der Waals surface area contributed by atoms with Gasteiger partial charge < -0.3 is 9.84 Å². The van der Waals surface area contributed by atoms with Gasteiger partial charge in [0.1, 0.15) is 18.1 Å². The van der Waals surface area contributed by atoms with Crippen LogP contribution < -0.4 is 4.74 Å². The highest BCUT2D eigenvalue weighted by Gasteiger charge is 2.33. The van der Waals surface area contributed by atoms with E-state index < -0.39 is 17.5 Å². The molecule has 2 aromatic rings. The van der Waals surface area contributed by atoms with Gasteiger partial charge in [-0.15, -0.1) is 0 Å². The summed E-state index contributed by atoms with van der Waals surface area (Å²) in [7, 11) is 0. The van der Waals surface area contributed by atoms with Gasteiger partial charge in [-0.05, 0) is 35.9 Å². The van der Waals surface area contributed by atoms with Gasteiger partial charge >= 0.3 is 6.18 Å². The van der Waals surface area contributed by atoms with E-state index in [2.05, 4.69) is 0 Å². The Morgan fingerprint density at radius 1 is 1.10 bits per heavy atom. The number of phenols is 1. The molecule has 0 saturated heterocycles. The predicted octanol–water partition coefficient (Wildman–Crippen LogP) is 4.64. The van der Waals surface area contributed by atoms with Crippen LogP contribution in [0.15, 0.2) is 42.5 Å². The summed E-state index contributed by atoms with van der Waals surface area (Å²) in [6.45, 7) is 0.0338. The Labute approximate surface area is 118 Å². The first kappa shape index (κ1) is 14.5. The van der Waals surface area contributed by atoms with Crippen molar-refractivity contribution in [1.29, 1.82) is 0 Å². The van der Waals surface area contributed by atoms with Crippen LogP contribution in [-0.4, -0.2) is 5.11 Å². The van der Waals surface area contributed by atoms with Crippen molar-refractivity contribution in [2.24, 2.45) is 0 Å². The minimum absolute atomic E-state index is 0.0338. The zero-order valence-electron chi connectivity index (χ0n) is 10.1. The molecule has 0 aliphatic rings. The lowest BCUT2D eigenvalue weighted by molar-refractivity contribution is -0.138. The lowest BCUT2D eigenvalue weighted by Crippen LogP contribution is -2.06.